The summed E-state index contributed by atoms with van der Waals surface area (Å²) >= 11 is 0. The first-order valence-corrected chi connectivity index (χ1v) is 3.46. The second kappa shape index (κ2) is 3.66. The quantitative estimate of drug-likeness (QED) is 0.505. The number of hydrogen-bond acceptors (Lipinski definition) is 4. The molecule has 2 N–H and O–H groups in total. The summed E-state index contributed by atoms with van der Waals surface area (Å²) in [7, 11) is 3.75. The van der Waals surface area contributed by atoms with Crippen molar-refractivity contribution in [2.45, 2.75) is 0 Å². The summed E-state index contributed by atoms with van der Waals surface area (Å²) < 4.78 is 0. The summed E-state index contributed by atoms with van der Waals surface area (Å²) in [6.45, 7) is 0. The number of nitrogens with zero attached hydrogens (tertiary/aromatic N) is 4. The van der Waals surface area contributed by atoms with Gasteiger partial charge in [-0.15, -0.1) is 0 Å². The second-order valence-corrected chi connectivity index (χ2v) is 2.52. The molecule has 0 fully saturated rings. The van der Waals surface area contributed by atoms with Gasteiger partial charge in [0.05, 0.1) is 24.4 Å². The smallest absolute Gasteiger partial charge is 0.250 e. The molecule has 0 aliphatic rings. The fourth-order valence-electron chi connectivity index (χ4n) is 0.565. The molecular weight excluding hydrogens is 154 g/mol. The van der Waals surface area contributed by atoms with E-state index in [1.54, 1.807) is 11.2 Å². The summed E-state index contributed by atoms with van der Waals surface area (Å²) in [6.07, 6.45) is 4.68. The molecule has 1 aromatic rings. The molecule has 5 heteroatoms. The number of hydrogen-bond donors (Lipinski definition) is 1. The van der Waals surface area contributed by atoms with Gasteiger partial charge in [-0.3, -0.25) is 0 Å². The van der Waals surface area contributed by atoms with Gasteiger partial charge in [0, 0.05) is 14.1 Å². The van der Waals surface area contributed by atoms with Crippen molar-refractivity contribution in [3.05, 3.63) is 12.4 Å². The summed E-state index contributed by atoms with van der Waals surface area (Å²) in [5, 5.41) is 0. The van der Waals surface area contributed by atoms with Gasteiger partial charge in [-0.05, 0) is 0 Å². The van der Waals surface area contributed by atoms with Crippen molar-refractivity contribution >= 4 is 18.0 Å². The van der Waals surface area contributed by atoms with Crippen LogP contribution in [0.3, 0.4) is 0 Å². The Bertz CT molecular complexity index is 264. The molecule has 12 heavy (non-hydrogen) atoms. The summed E-state index contributed by atoms with van der Waals surface area (Å²) in [4.78, 5) is 13.6. The Labute approximate surface area is 71.0 Å². The van der Waals surface area contributed by atoms with Gasteiger partial charge in [-0.2, -0.15) is 0 Å². The minimum absolute atomic E-state index is 0.415. The van der Waals surface area contributed by atoms with Crippen molar-refractivity contribution in [1.29, 1.82) is 0 Å². The molecule has 64 valence electrons. The van der Waals surface area contributed by atoms with Gasteiger partial charge in [0.25, 0.3) is 5.95 Å². The number of nitrogens with two attached hydrogens (primary N) is 1. The van der Waals surface area contributed by atoms with E-state index in [9.17, 15) is 0 Å². The normalized spacial score (nSPS) is 10.5. The van der Waals surface area contributed by atoms with Crippen LogP contribution in [0.2, 0.25) is 0 Å². The van der Waals surface area contributed by atoms with Crippen LogP contribution in [0.5, 0.6) is 0 Å². The van der Waals surface area contributed by atoms with E-state index in [0.717, 1.165) is 0 Å². The van der Waals surface area contributed by atoms with E-state index in [1.807, 2.05) is 14.1 Å². The van der Waals surface area contributed by atoms with E-state index < -0.39 is 0 Å². The highest BCUT2D eigenvalue weighted by Crippen LogP contribution is 2.02. The number of anilines is 1. The lowest BCUT2D eigenvalue weighted by Crippen LogP contribution is -2.07. The van der Waals surface area contributed by atoms with Gasteiger partial charge in [0.1, 0.15) is 0 Å². The SMILES string of the molecule is CN(C)C=Nc1ncc(N)cn1. The zero-order valence-corrected chi connectivity index (χ0v) is 7.10. The second-order valence-electron chi connectivity index (χ2n) is 2.52. The van der Waals surface area contributed by atoms with Gasteiger partial charge in [-0.25, -0.2) is 15.0 Å². The zero-order chi connectivity index (χ0) is 8.97. The maximum Gasteiger partial charge on any atom is 0.250 e. The van der Waals surface area contributed by atoms with Gasteiger partial charge >= 0.3 is 0 Å². The molecule has 0 aliphatic carbocycles. The van der Waals surface area contributed by atoms with Crippen molar-refractivity contribution in [3.8, 4) is 0 Å². The predicted molar refractivity (Wildman–Crippen MR) is 48.3 cm³/mol. The number of rotatable bonds is 2. The fourth-order valence-corrected chi connectivity index (χ4v) is 0.565. The Morgan fingerprint density at radius 3 is 2.50 bits per heavy atom. The van der Waals surface area contributed by atoms with E-state index in [-0.39, 0.29) is 0 Å². The van der Waals surface area contributed by atoms with Crippen molar-refractivity contribution < 1.29 is 0 Å². The fraction of sp³-hybridized carbons (Fsp3) is 0.286. The average Bonchev–Trinajstić information content (AvgIpc) is 2.03. The van der Waals surface area contributed by atoms with Crippen LogP contribution < -0.4 is 5.73 Å². The van der Waals surface area contributed by atoms with E-state index in [0.29, 0.717) is 11.6 Å². The first kappa shape index (κ1) is 8.45. The Balaban J connectivity index is 2.71. The average molecular weight is 165 g/mol. The minimum Gasteiger partial charge on any atom is -0.396 e. The highest BCUT2D eigenvalue weighted by Gasteiger charge is 1.89. The monoisotopic (exact) mass is 165 g/mol. The van der Waals surface area contributed by atoms with Crippen molar-refractivity contribution in [3.63, 3.8) is 0 Å². The van der Waals surface area contributed by atoms with Crippen molar-refractivity contribution in [2.24, 2.45) is 4.99 Å². The molecule has 0 amide bonds. The number of aromatic nitrogens is 2. The topological polar surface area (TPSA) is 67.4 Å². The molecule has 0 atom stereocenters. The Morgan fingerprint density at radius 2 is 2.00 bits per heavy atom. The molecule has 1 rings (SSSR count). The zero-order valence-electron chi connectivity index (χ0n) is 7.10. The molecule has 1 aromatic heterocycles. The van der Waals surface area contributed by atoms with Crippen molar-refractivity contribution in [2.75, 3.05) is 19.8 Å². The van der Waals surface area contributed by atoms with Crippen LogP contribution in [-0.4, -0.2) is 35.3 Å². The van der Waals surface area contributed by atoms with Crippen LogP contribution >= 0.6 is 0 Å². The first-order chi connectivity index (χ1) is 5.68. The van der Waals surface area contributed by atoms with Gasteiger partial charge in [0.2, 0.25) is 0 Å². The van der Waals surface area contributed by atoms with Crippen LogP contribution in [0.25, 0.3) is 0 Å². The lowest BCUT2D eigenvalue weighted by Gasteiger charge is -2.00. The highest BCUT2D eigenvalue weighted by atomic mass is 15.1. The molecule has 0 aliphatic heterocycles. The van der Waals surface area contributed by atoms with Crippen LogP contribution in [0.15, 0.2) is 17.4 Å². The predicted octanol–water partition coefficient (Wildman–Crippen LogP) is 0.280. The Morgan fingerprint density at radius 1 is 1.42 bits per heavy atom. The maximum atomic E-state index is 5.40. The molecule has 0 saturated heterocycles. The summed E-state index contributed by atoms with van der Waals surface area (Å²) in [6, 6.07) is 0. The maximum absolute atomic E-state index is 5.40. The van der Waals surface area contributed by atoms with E-state index in [1.165, 1.54) is 12.4 Å². The minimum atomic E-state index is 0.415. The van der Waals surface area contributed by atoms with E-state index in [4.69, 9.17) is 5.73 Å². The lowest BCUT2D eigenvalue weighted by atomic mass is 10.6. The molecule has 0 saturated carbocycles. The van der Waals surface area contributed by atoms with E-state index in [2.05, 4.69) is 15.0 Å². The third kappa shape index (κ3) is 2.53. The molecule has 0 radical (unpaired) electrons. The van der Waals surface area contributed by atoms with E-state index >= 15 is 0 Å². The molecular formula is C7H11N5. The largest absolute Gasteiger partial charge is 0.396 e. The molecule has 0 spiro atoms. The van der Waals surface area contributed by atoms with Gasteiger partial charge in [0.15, 0.2) is 0 Å². The first-order valence-electron chi connectivity index (χ1n) is 3.46. The van der Waals surface area contributed by atoms with Crippen LogP contribution in [0, 0.1) is 0 Å². The third-order valence-corrected chi connectivity index (χ3v) is 1.06. The van der Waals surface area contributed by atoms with Crippen LogP contribution in [0.1, 0.15) is 0 Å². The third-order valence-electron chi connectivity index (χ3n) is 1.06. The molecule has 0 bridgehead atoms. The van der Waals surface area contributed by atoms with Gasteiger partial charge in [-0.1, -0.05) is 0 Å². The molecule has 5 nitrogen and oxygen atoms in total. The highest BCUT2D eigenvalue weighted by molar-refractivity contribution is 5.57. The Kier molecular flexibility index (Phi) is 2.57. The van der Waals surface area contributed by atoms with Gasteiger partial charge < -0.3 is 10.6 Å². The lowest BCUT2D eigenvalue weighted by molar-refractivity contribution is 0.642. The molecule has 0 aromatic carbocycles. The number of nitrogen functional groups attached to an aromatic ring is 1. The molecule has 0 unspecified atom stereocenters. The number of aliphatic imine (C=N–C) groups is 1. The summed E-state index contributed by atoms with van der Waals surface area (Å²) in [5.74, 6) is 0.415. The summed E-state index contributed by atoms with van der Waals surface area (Å²) in [5.41, 5.74) is 5.94. The van der Waals surface area contributed by atoms with Crippen LogP contribution in [-0.2, 0) is 0 Å². The van der Waals surface area contributed by atoms with Crippen LogP contribution in [0.4, 0.5) is 11.6 Å². The Hall–Kier alpha value is -1.65. The van der Waals surface area contributed by atoms with Crippen molar-refractivity contribution in [1.82, 2.24) is 14.9 Å². The molecule has 1 heterocycles. The standard InChI is InChI=1S/C7H11N5/c1-12(2)5-11-7-9-3-6(8)4-10-7/h3-5H,8H2,1-2H3.